The number of hydrogen-bond acceptors (Lipinski definition) is 2. The second kappa shape index (κ2) is 6.61. The van der Waals surface area contributed by atoms with E-state index in [1.165, 1.54) is 44.9 Å². The molecule has 0 unspecified atom stereocenters. The van der Waals surface area contributed by atoms with E-state index in [2.05, 4.69) is 25.7 Å². The maximum Gasteiger partial charge on any atom is 0.0558 e. The molecule has 0 heterocycles. The van der Waals surface area contributed by atoms with E-state index in [9.17, 15) is 5.11 Å². The maximum atomic E-state index is 9.21. The Bertz CT molecular complexity index is 178. The fraction of sp³-hybridized carbons (Fsp3) is 1.00. The van der Waals surface area contributed by atoms with Crippen LogP contribution in [0, 0.1) is 0 Å². The number of rotatable bonds is 3. The molecular formula is C14H29NO. The van der Waals surface area contributed by atoms with Crippen molar-refractivity contribution in [2.24, 2.45) is 0 Å². The highest BCUT2D eigenvalue weighted by molar-refractivity contribution is 4.83. The van der Waals surface area contributed by atoms with E-state index in [-0.39, 0.29) is 12.1 Å². The Morgan fingerprint density at radius 2 is 1.50 bits per heavy atom. The molecule has 0 aromatic heterocycles. The third kappa shape index (κ3) is 4.42. The standard InChI is InChI=1S/C14H29NO/c1-14(2,3)15(11-12-16)13-9-7-5-4-6-8-10-13/h13,16H,4-12H2,1-3H3. The summed E-state index contributed by atoms with van der Waals surface area (Å²) in [5, 5.41) is 9.21. The van der Waals surface area contributed by atoms with Crippen molar-refractivity contribution in [3.8, 4) is 0 Å². The Balaban J connectivity index is 2.59. The summed E-state index contributed by atoms with van der Waals surface area (Å²) in [5.74, 6) is 0. The summed E-state index contributed by atoms with van der Waals surface area (Å²) < 4.78 is 0. The maximum absolute atomic E-state index is 9.21. The molecule has 0 spiro atoms. The highest BCUT2D eigenvalue weighted by atomic mass is 16.3. The molecule has 2 heteroatoms. The van der Waals surface area contributed by atoms with Gasteiger partial charge in [-0.2, -0.15) is 0 Å². The number of hydrogen-bond donors (Lipinski definition) is 1. The second-order valence-corrected chi connectivity index (χ2v) is 6.09. The summed E-state index contributed by atoms with van der Waals surface area (Å²) >= 11 is 0. The van der Waals surface area contributed by atoms with E-state index >= 15 is 0 Å². The average molecular weight is 227 g/mol. The van der Waals surface area contributed by atoms with Gasteiger partial charge in [-0.3, -0.25) is 4.90 Å². The quantitative estimate of drug-likeness (QED) is 0.800. The van der Waals surface area contributed by atoms with Gasteiger partial charge in [-0.25, -0.2) is 0 Å². The molecule has 1 aliphatic rings. The first kappa shape index (κ1) is 14.0. The minimum absolute atomic E-state index is 0.187. The zero-order chi connectivity index (χ0) is 12.0. The highest BCUT2D eigenvalue weighted by Crippen LogP contribution is 2.26. The Labute approximate surface area is 101 Å². The summed E-state index contributed by atoms with van der Waals surface area (Å²) in [4.78, 5) is 2.51. The van der Waals surface area contributed by atoms with Crippen LogP contribution in [0.5, 0.6) is 0 Å². The normalized spacial score (nSPS) is 20.8. The van der Waals surface area contributed by atoms with Crippen LogP contribution in [0.3, 0.4) is 0 Å². The van der Waals surface area contributed by atoms with Crippen molar-refractivity contribution in [1.82, 2.24) is 4.90 Å². The van der Waals surface area contributed by atoms with E-state index in [1.807, 2.05) is 0 Å². The molecule has 1 fully saturated rings. The van der Waals surface area contributed by atoms with Crippen molar-refractivity contribution in [2.75, 3.05) is 13.2 Å². The molecular weight excluding hydrogens is 198 g/mol. The minimum Gasteiger partial charge on any atom is -0.395 e. The molecule has 0 aromatic carbocycles. The van der Waals surface area contributed by atoms with Gasteiger partial charge in [-0.05, 0) is 33.6 Å². The molecule has 0 amide bonds. The van der Waals surface area contributed by atoms with Crippen LogP contribution in [0.15, 0.2) is 0 Å². The van der Waals surface area contributed by atoms with Crippen molar-refractivity contribution in [3.63, 3.8) is 0 Å². The highest BCUT2D eigenvalue weighted by Gasteiger charge is 2.28. The monoisotopic (exact) mass is 227 g/mol. The Morgan fingerprint density at radius 3 is 1.94 bits per heavy atom. The lowest BCUT2D eigenvalue weighted by Crippen LogP contribution is -2.49. The predicted molar refractivity (Wildman–Crippen MR) is 69.7 cm³/mol. The summed E-state index contributed by atoms with van der Waals surface area (Å²) in [6.07, 6.45) is 9.57. The Hall–Kier alpha value is -0.0800. The largest absolute Gasteiger partial charge is 0.395 e. The van der Waals surface area contributed by atoms with Crippen molar-refractivity contribution in [1.29, 1.82) is 0 Å². The Kier molecular flexibility index (Phi) is 5.77. The summed E-state index contributed by atoms with van der Waals surface area (Å²) in [7, 11) is 0. The van der Waals surface area contributed by atoms with Crippen LogP contribution in [0.1, 0.15) is 65.7 Å². The van der Waals surface area contributed by atoms with Gasteiger partial charge in [-0.1, -0.05) is 32.1 Å². The third-order valence-corrected chi connectivity index (χ3v) is 3.72. The number of aliphatic hydroxyl groups excluding tert-OH is 1. The van der Waals surface area contributed by atoms with E-state index in [1.54, 1.807) is 0 Å². The molecule has 0 atom stereocenters. The first-order valence-corrected chi connectivity index (χ1v) is 6.93. The van der Waals surface area contributed by atoms with E-state index < -0.39 is 0 Å². The first-order valence-electron chi connectivity index (χ1n) is 6.93. The average Bonchev–Trinajstić information content (AvgIpc) is 2.13. The molecule has 1 N–H and O–H groups in total. The molecule has 0 saturated heterocycles. The summed E-state index contributed by atoms with van der Waals surface area (Å²) in [5.41, 5.74) is 0.187. The van der Waals surface area contributed by atoms with Gasteiger partial charge in [0.25, 0.3) is 0 Å². The molecule has 0 bridgehead atoms. The fourth-order valence-corrected chi connectivity index (χ4v) is 2.92. The lowest BCUT2D eigenvalue weighted by atomic mass is 9.92. The van der Waals surface area contributed by atoms with Crippen LogP contribution >= 0.6 is 0 Å². The molecule has 96 valence electrons. The molecule has 1 aliphatic carbocycles. The predicted octanol–water partition coefficient (Wildman–Crippen LogP) is 3.19. The fourth-order valence-electron chi connectivity index (χ4n) is 2.92. The van der Waals surface area contributed by atoms with E-state index in [4.69, 9.17) is 0 Å². The number of β-amino-alcohol motifs (C(OH)–C–C–N with tert-alkyl or cyclic N) is 1. The minimum atomic E-state index is 0.187. The lowest BCUT2D eigenvalue weighted by molar-refractivity contribution is 0.0478. The molecule has 1 saturated carbocycles. The first-order chi connectivity index (χ1) is 7.55. The Morgan fingerprint density at radius 1 is 1.00 bits per heavy atom. The van der Waals surface area contributed by atoms with Crippen molar-refractivity contribution in [2.45, 2.75) is 77.3 Å². The van der Waals surface area contributed by atoms with Crippen LogP contribution < -0.4 is 0 Å². The van der Waals surface area contributed by atoms with Gasteiger partial charge in [-0.15, -0.1) is 0 Å². The third-order valence-electron chi connectivity index (χ3n) is 3.72. The van der Waals surface area contributed by atoms with Gasteiger partial charge in [0.15, 0.2) is 0 Å². The van der Waals surface area contributed by atoms with Gasteiger partial charge in [0.05, 0.1) is 6.61 Å². The zero-order valence-corrected chi connectivity index (χ0v) is 11.3. The summed E-state index contributed by atoms with van der Waals surface area (Å²) in [6.45, 7) is 7.91. The number of nitrogens with zero attached hydrogens (tertiary/aromatic N) is 1. The van der Waals surface area contributed by atoms with E-state index in [0.717, 1.165) is 6.54 Å². The van der Waals surface area contributed by atoms with Crippen LogP contribution in [-0.2, 0) is 0 Å². The van der Waals surface area contributed by atoms with Gasteiger partial charge in [0, 0.05) is 18.1 Å². The van der Waals surface area contributed by atoms with Crippen molar-refractivity contribution < 1.29 is 5.11 Å². The zero-order valence-electron chi connectivity index (χ0n) is 11.3. The van der Waals surface area contributed by atoms with Crippen LogP contribution in [0.4, 0.5) is 0 Å². The molecule has 1 rings (SSSR count). The summed E-state index contributed by atoms with van der Waals surface area (Å²) in [6, 6.07) is 0.687. The molecule has 16 heavy (non-hydrogen) atoms. The van der Waals surface area contributed by atoms with Gasteiger partial charge < -0.3 is 5.11 Å². The second-order valence-electron chi connectivity index (χ2n) is 6.09. The molecule has 0 aliphatic heterocycles. The van der Waals surface area contributed by atoms with Gasteiger partial charge in [0.2, 0.25) is 0 Å². The lowest BCUT2D eigenvalue weighted by Gasteiger charge is -2.42. The van der Waals surface area contributed by atoms with Crippen LogP contribution in [-0.4, -0.2) is 34.7 Å². The number of aliphatic hydroxyl groups is 1. The SMILES string of the molecule is CC(C)(C)N(CCO)C1CCCCCCC1. The molecule has 0 radical (unpaired) electrons. The van der Waals surface area contributed by atoms with E-state index in [0.29, 0.717) is 6.04 Å². The van der Waals surface area contributed by atoms with Crippen LogP contribution in [0.25, 0.3) is 0 Å². The topological polar surface area (TPSA) is 23.5 Å². The smallest absolute Gasteiger partial charge is 0.0558 e. The van der Waals surface area contributed by atoms with Crippen molar-refractivity contribution >= 4 is 0 Å². The van der Waals surface area contributed by atoms with Crippen LogP contribution in [0.2, 0.25) is 0 Å². The molecule has 0 aromatic rings. The van der Waals surface area contributed by atoms with Gasteiger partial charge in [0.1, 0.15) is 0 Å². The molecule has 2 nitrogen and oxygen atoms in total. The van der Waals surface area contributed by atoms with Gasteiger partial charge >= 0.3 is 0 Å². The van der Waals surface area contributed by atoms with Crippen molar-refractivity contribution in [3.05, 3.63) is 0 Å².